The number of benzene rings is 2. The third-order valence-electron chi connectivity index (χ3n) is 7.29. The van der Waals surface area contributed by atoms with Gasteiger partial charge in [0.2, 0.25) is 5.78 Å². The normalized spacial score (nSPS) is 16.7. The molecule has 0 amide bonds. The van der Waals surface area contributed by atoms with Crippen LogP contribution in [0.2, 0.25) is 0 Å². The lowest BCUT2D eigenvalue weighted by Gasteiger charge is -2.33. The number of allylic oxidation sites excluding steroid dienone is 8. The van der Waals surface area contributed by atoms with Gasteiger partial charge in [-0.1, -0.05) is 77.9 Å². The van der Waals surface area contributed by atoms with Gasteiger partial charge in [-0.25, -0.2) is 4.42 Å². The van der Waals surface area contributed by atoms with Gasteiger partial charge >= 0.3 is 11.5 Å². The van der Waals surface area contributed by atoms with Crippen molar-refractivity contribution in [1.29, 1.82) is 0 Å². The highest BCUT2D eigenvalue weighted by Crippen LogP contribution is 2.43. The SMILES string of the molecule is CC(=C1C=C(C(C)(C)C)OC(C(C)(C)C)=C1)C1=C(O)C(=Cc2cc(-c3ccccc3)[o+]c(-c3ccccc3)c2)C1=O. The Balaban J connectivity index is 1.59. The summed E-state index contributed by atoms with van der Waals surface area (Å²) >= 11 is 0. The third kappa shape index (κ3) is 5.74. The minimum absolute atomic E-state index is 0.00576. The first-order chi connectivity index (χ1) is 19.3. The van der Waals surface area contributed by atoms with E-state index in [1.807, 2.05) is 91.9 Å². The lowest BCUT2D eigenvalue weighted by atomic mass is 9.79. The molecule has 1 N–H and O–H groups in total. The Morgan fingerprint density at radius 1 is 0.780 bits per heavy atom. The molecule has 2 aliphatic rings. The number of carbonyl (C=O) groups excluding carboxylic acids is 1. The second-order valence-corrected chi connectivity index (χ2v) is 12.7. The molecule has 1 aromatic heterocycles. The molecule has 1 aliphatic carbocycles. The fourth-order valence-corrected chi connectivity index (χ4v) is 4.77. The van der Waals surface area contributed by atoms with Gasteiger partial charge in [-0.3, -0.25) is 4.79 Å². The molecule has 5 rings (SSSR count). The zero-order valence-electron chi connectivity index (χ0n) is 24.8. The predicted octanol–water partition coefficient (Wildman–Crippen LogP) is 9.88. The Kier molecular flexibility index (Phi) is 7.21. The first-order valence-electron chi connectivity index (χ1n) is 14.0. The van der Waals surface area contributed by atoms with Gasteiger partial charge in [0.05, 0.1) is 34.4 Å². The van der Waals surface area contributed by atoms with Crippen LogP contribution in [0, 0.1) is 10.8 Å². The monoisotopic (exact) mass is 545 g/mol. The van der Waals surface area contributed by atoms with Crippen LogP contribution in [-0.4, -0.2) is 10.9 Å². The van der Waals surface area contributed by atoms with Gasteiger partial charge < -0.3 is 9.84 Å². The van der Waals surface area contributed by atoms with Crippen LogP contribution >= 0.6 is 0 Å². The van der Waals surface area contributed by atoms with Gasteiger partial charge in [0.1, 0.15) is 17.3 Å². The number of hydrogen-bond donors (Lipinski definition) is 1. The first kappa shape index (κ1) is 28.1. The molecule has 2 heterocycles. The van der Waals surface area contributed by atoms with Crippen molar-refractivity contribution in [3.8, 4) is 22.6 Å². The summed E-state index contributed by atoms with van der Waals surface area (Å²) in [5.74, 6) is 2.84. The second kappa shape index (κ2) is 10.5. The molecule has 4 heteroatoms. The van der Waals surface area contributed by atoms with Crippen molar-refractivity contribution in [2.45, 2.75) is 48.5 Å². The maximum atomic E-state index is 13.5. The highest BCUT2D eigenvalue weighted by atomic mass is 16.5. The van der Waals surface area contributed by atoms with Gasteiger partial charge in [-0.2, -0.15) is 0 Å². The topological polar surface area (TPSA) is 57.8 Å². The fraction of sp³-hybridized carbons (Fsp3) is 0.243. The number of aliphatic hydroxyl groups excluding tert-OH is 1. The minimum Gasteiger partial charge on any atom is -0.506 e. The molecule has 0 spiro atoms. The number of Topliss-reactive ketones (excluding diaryl/α,β-unsaturated/α-hetero) is 1. The predicted molar refractivity (Wildman–Crippen MR) is 165 cm³/mol. The van der Waals surface area contributed by atoms with E-state index in [1.165, 1.54) is 0 Å². The number of hydrogen-bond acceptors (Lipinski definition) is 3. The summed E-state index contributed by atoms with van der Waals surface area (Å²) in [7, 11) is 0. The van der Waals surface area contributed by atoms with Crippen LogP contribution in [0.25, 0.3) is 28.7 Å². The van der Waals surface area contributed by atoms with Crippen LogP contribution in [-0.2, 0) is 9.53 Å². The van der Waals surface area contributed by atoms with Crippen molar-refractivity contribution in [3.63, 3.8) is 0 Å². The van der Waals surface area contributed by atoms with Gasteiger partial charge in [-0.05, 0) is 66.1 Å². The van der Waals surface area contributed by atoms with E-state index >= 15 is 0 Å². The van der Waals surface area contributed by atoms with Crippen LogP contribution in [0.15, 0.2) is 129 Å². The molecule has 4 nitrogen and oxygen atoms in total. The number of carbonyl (C=O) groups is 1. The van der Waals surface area contributed by atoms with Gasteiger partial charge in [0.25, 0.3) is 0 Å². The minimum atomic E-state index is -0.216. The van der Waals surface area contributed by atoms with Crippen molar-refractivity contribution in [2.75, 3.05) is 0 Å². The van der Waals surface area contributed by atoms with Crippen molar-refractivity contribution in [2.24, 2.45) is 10.8 Å². The van der Waals surface area contributed by atoms with E-state index in [0.29, 0.717) is 17.1 Å². The van der Waals surface area contributed by atoms with Gasteiger partial charge in [0, 0.05) is 10.8 Å². The smallest absolute Gasteiger partial charge is 0.361 e. The van der Waals surface area contributed by atoms with Crippen LogP contribution in [0.1, 0.15) is 54.0 Å². The molecule has 1 aliphatic heterocycles. The van der Waals surface area contributed by atoms with E-state index < -0.39 is 0 Å². The summed E-state index contributed by atoms with van der Waals surface area (Å²) in [5.41, 5.74) is 4.42. The summed E-state index contributed by atoms with van der Waals surface area (Å²) < 4.78 is 12.6. The van der Waals surface area contributed by atoms with E-state index in [2.05, 4.69) is 41.5 Å². The molecule has 0 saturated heterocycles. The van der Waals surface area contributed by atoms with Crippen molar-refractivity contribution in [3.05, 3.63) is 130 Å². The van der Waals surface area contributed by atoms with Crippen molar-refractivity contribution >= 4 is 11.9 Å². The lowest BCUT2D eigenvalue weighted by Crippen LogP contribution is -2.25. The summed E-state index contributed by atoms with van der Waals surface area (Å²) in [5, 5.41) is 11.2. The van der Waals surface area contributed by atoms with Crippen molar-refractivity contribution < 1.29 is 19.1 Å². The Morgan fingerprint density at radius 3 is 1.66 bits per heavy atom. The van der Waals surface area contributed by atoms with Crippen molar-refractivity contribution in [1.82, 2.24) is 0 Å². The van der Waals surface area contributed by atoms with Gasteiger partial charge in [0.15, 0.2) is 0 Å². The molecule has 0 unspecified atom stereocenters. The number of ether oxygens (including phenoxy) is 1. The molecule has 0 radical (unpaired) electrons. The maximum Gasteiger partial charge on any atom is 0.361 e. The second-order valence-electron chi connectivity index (χ2n) is 12.7. The Bertz CT molecular complexity index is 1580. The summed E-state index contributed by atoms with van der Waals surface area (Å²) in [6.07, 6.45) is 5.71. The quantitative estimate of drug-likeness (QED) is 0.262. The van der Waals surface area contributed by atoms with Crippen LogP contribution < -0.4 is 0 Å². The molecule has 208 valence electrons. The largest absolute Gasteiger partial charge is 0.506 e. The molecule has 0 atom stereocenters. The van der Waals surface area contributed by atoms with Crippen LogP contribution in [0.5, 0.6) is 0 Å². The average molecular weight is 546 g/mol. The standard InChI is InChI=1S/C37H36O4/c1-23(27-21-31(36(2,3)4)41-32(22-27)37(5,6)7)33-34(38)28(35(33)39)18-24-19-29(25-14-10-8-11-15-25)40-30(20-24)26-16-12-9-13-17-26/h8-22H,1-7H3/p+1. The molecular weight excluding hydrogens is 508 g/mol. The zero-order valence-corrected chi connectivity index (χ0v) is 24.8. The molecule has 3 aromatic rings. The highest BCUT2D eigenvalue weighted by Gasteiger charge is 2.37. The molecule has 0 saturated carbocycles. The van der Waals surface area contributed by atoms with Crippen LogP contribution in [0.4, 0.5) is 0 Å². The Morgan fingerprint density at radius 2 is 1.24 bits per heavy atom. The third-order valence-corrected chi connectivity index (χ3v) is 7.29. The highest BCUT2D eigenvalue weighted by molar-refractivity contribution is 6.24. The summed E-state index contributed by atoms with van der Waals surface area (Å²) in [6, 6.07) is 23.5. The molecule has 0 bridgehead atoms. The number of rotatable bonds is 4. The molecule has 2 aromatic carbocycles. The molecule has 0 fully saturated rings. The molecular formula is C37H37O4+. The van der Waals surface area contributed by atoms with E-state index in [-0.39, 0.29) is 27.9 Å². The number of ketones is 1. The van der Waals surface area contributed by atoms with Gasteiger partial charge in [-0.15, -0.1) is 0 Å². The fourth-order valence-electron chi connectivity index (χ4n) is 4.77. The van der Waals surface area contributed by atoms with Crippen LogP contribution in [0.3, 0.4) is 0 Å². The lowest BCUT2D eigenvalue weighted by molar-refractivity contribution is -0.113. The maximum absolute atomic E-state index is 13.5. The summed E-state index contributed by atoms with van der Waals surface area (Å²) in [4.78, 5) is 13.5. The zero-order chi connectivity index (χ0) is 29.5. The average Bonchev–Trinajstić information content (AvgIpc) is 2.95. The number of aliphatic hydroxyl groups is 1. The van der Waals surface area contributed by atoms with E-state index in [0.717, 1.165) is 39.4 Å². The first-order valence-corrected chi connectivity index (χ1v) is 14.0. The van der Waals surface area contributed by atoms with E-state index in [9.17, 15) is 9.90 Å². The summed E-state index contributed by atoms with van der Waals surface area (Å²) in [6.45, 7) is 14.5. The Labute approximate surface area is 242 Å². The Hall–Kier alpha value is -4.44. The van der Waals surface area contributed by atoms with E-state index in [4.69, 9.17) is 9.15 Å². The molecule has 41 heavy (non-hydrogen) atoms. The van der Waals surface area contributed by atoms with E-state index in [1.54, 1.807) is 6.08 Å².